The summed E-state index contributed by atoms with van der Waals surface area (Å²) in [6.45, 7) is 1.48. The summed E-state index contributed by atoms with van der Waals surface area (Å²) in [4.78, 5) is 30.8. The van der Waals surface area contributed by atoms with Gasteiger partial charge in [0.15, 0.2) is 0 Å². The molecule has 0 unspecified atom stereocenters. The molecule has 162 valence electrons. The van der Waals surface area contributed by atoms with Crippen LogP contribution < -0.4 is 16.0 Å². The number of nitrogens with one attached hydrogen (secondary N) is 1. The Labute approximate surface area is 174 Å². The Bertz CT molecular complexity index is 1260. The largest absolute Gasteiger partial charge is 0.496 e. The van der Waals surface area contributed by atoms with Crippen LogP contribution in [0.4, 0.5) is 13.2 Å². The standard InChI is InChI=1S/C21H18F3N3O4/c1-12(25-11-13-7-3-6-10-16(13)31-2)17-18(28)26-20(30)27(19(17)29)15-9-5-4-8-14(15)21(22,23)24/h3-10,29H,11H2,1-2H3,(H,26,28,30). The fraction of sp³-hybridized carbons (Fsp3) is 0.190. The van der Waals surface area contributed by atoms with Crippen molar-refractivity contribution in [2.45, 2.75) is 19.6 Å². The minimum atomic E-state index is -4.79. The van der Waals surface area contributed by atoms with E-state index < -0.39 is 40.1 Å². The lowest BCUT2D eigenvalue weighted by Gasteiger charge is -2.16. The van der Waals surface area contributed by atoms with Gasteiger partial charge in [0.05, 0.1) is 30.6 Å². The molecule has 0 aliphatic carbocycles. The van der Waals surface area contributed by atoms with Gasteiger partial charge in [-0.15, -0.1) is 0 Å². The van der Waals surface area contributed by atoms with Gasteiger partial charge in [-0.05, 0) is 25.1 Å². The number of methoxy groups -OCH3 is 1. The molecule has 0 atom stereocenters. The number of alkyl halides is 3. The van der Waals surface area contributed by atoms with E-state index in [1.54, 1.807) is 24.3 Å². The fourth-order valence-corrected chi connectivity index (χ4v) is 3.10. The van der Waals surface area contributed by atoms with Crippen molar-refractivity contribution < 1.29 is 23.0 Å². The van der Waals surface area contributed by atoms with Crippen molar-refractivity contribution in [2.24, 2.45) is 4.99 Å². The zero-order valence-electron chi connectivity index (χ0n) is 16.5. The topological polar surface area (TPSA) is 96.7 Å². The number of ether oxygens (including phenoxy) is 1. The second kappa shape index (κ2) is 8.50. The second-order valence-electron chi connectivity index (χ2n) is 6.52. The van der Waals surface area contributed by atoms with Crippen LogP contribution in [0, 0.1) is 0 Å². The molecule has 3 rings (SSSR count). The highest BCUT2D eigenvalue weighted by Crippen LogP contribution is 2.34. The van der Waals surface area contributed by atoms with E-state index in [0.717, 1.165) is 18.2 Å². The molecular formula is C21H18F3N3O4. The summed E-state index contributed by atoms with van der Waals surface area (Å²) in [7, 11) is 1.49. The van der Waals surface area contributed by atoms with Gasteiger partial charge >= 0.3 is 11.9 Å². The summed E-state index contributed by atoms with van der Waals surface area (Å²) in [5, 5.41) is 10.6. The third-order valence-electron chi connectivity index (χ3n) is 4.58. The van der Waals surface area contributed by atoms with Crippen molar-refractivity contribution in [3.63, 3.8) is 0 Å². The van der Waals surface area contributed by atoms with Crippen LogP contribution in [0.3, 0.4) is 0 Å². The Morgan fingerprint density at radius 2 is 1.77 bits per heavy atom. The van der Waals surface area contributed by atoms with E-state index in [4.69, 9.17) is 4.74 Å². The van der Waals surface area contributed by atoms with Crippen molar-refractivity contribution in [1.82, 2.24) is 9.55 Å². The molecule has 0 bridgehead atoms. The van der Waals surface area contributed by atoms with Gasteiger partial charge < -0.3 is 9.84 Å². The quantitative estimate of drug-likeness (QED) is 0.604. The van der Waals surface area contributed by atoms with Crippen molar-refractivity contribution in [3.8, 4) is 17.3 Å². The molecule has 0 fully saturated rings. The highest BCUT2D eigenvalue weighted by atomic mass is 19.4. The van der Waals surface area contributed by atoms with Gasteiger partial charge in [0, 0.05) is 5.56 Å². The Balaban J connectivity index is 2.15. The van der Waals surface area contributed by atoms with E-state index in [9.17, 15) is 27.9 Å². The van der Waals surface area contributed by atoms with Crippen LogP contribution >= 0.6 is 0 Å². The number of aliphatic imine (C=N–C) groups is 1. The first kappa shape index (κ1) is 21.9. The summed E-state index contributed by atoms with van der Waals surface area (Å²) in [6, 6.07) is 11.2. The van der Waals surface area contributed by atoms with Crippen molar-refractivity contribution in [3.05, 3.63) is 86.1 Å². The smallest absolute Gasteiger partial charge is 0.418 e. The van der Waals surface area contributed by atoms with E-state index >= 15 is 0 Å². The number of nitrogens with zero attached hydrogens (tertiary/aromatic N) is 2. The molecule has 1 aromatic heterocycles. The number of halogens is 3. The molecule has 2 aromatic carbocycles. The molecule has 1 heterocycles. The van der Waals surface area contributed by atoms with E-state index in [1.165, 1.54) is 20.1 Å². The summed E-state index contributed by atoms with van der Waals surface area (Å²) in [5.74, 6) is -0.381. The van der Waals surface area contributed by atoms with Crippen LogP contribution in [0.2, 0.25) is 0 Å². The van der Waals surface area contributed by atoms with Gasteiger partial charge in [-0.1, -0.05) is 30.3 Å². The van der Waals surface area contributed by atoms with Crippen LogP contribution in [-0.2, 0) is 12.7 Å². The van der Waals surface area contributed by atoms with Gasteiger partial charge in [0.2, 0.25) is 5.88 Å². The monoisotopic (exact) mass is 433 g/mol. The minimum absolute atomic E-state index is 0.0305. The van der Waals surface area contributed by atoms with Crippen LogP contribution in [0.1, 0.15) is 23.6 Å². The molecule has 0 radical (unpaired) electrons. The van der Waals surface area contributed by atoms with Crippen molar-refractivity contribution in [1.29, 1.82) is 0 Å². The van der Waals surface area contributed by atoms with Crippen LogP contribution in [0.25, 0.3) is 5.69 Å². The Morgan fingerprint density at radius 1 is 1.13 bits per heavy atom. The molecule has 0 aliphatic heterocycles. The van der Waals surface area contributed by atoms with Gasteiger partial charge in [-0.25, -0.2) is 9.36 Å². The van der Waals surface area contributed by atoms with Gasteiger partial charge in [0.25, 0.3) is 5.56 Å². The van der Waals surface area contributed by atoms with E-state index in [0.29, 0.717) is 15.9 Å². The predicted molar refractivity (Wildman–Crippen MR) is 108 cm³/mol. The third kappa shape index (κ3) is 4.37. The molecule has 10 heteroatoms. The zero-order chi connectivity index (χ0) is 22.8. The molecule has 3 aromatic rings. The minimum Gasteiger partial charge on any atom is -0.496 e. The first-order valence-electron chi connectivity index (χ1n) is 9.03. The Morgan fingerprint density at radius 3 is 2.45 bits per heavy atom. The van der Waals surface area contributed by atoms with Crippen LogP contribution in [-0.4, -0.2) is 27.5 Å². The number of para-hydroxylation sites is 2. The van der Waals surface area contributed by atoms with Crippen LogP contribution in [0.15, 0.2) is 63.1 Å². The molecule has 0 aliphatic rings. The highest BCUT2D eigenvalue weighted by molar-refractivity contribution is 6.00. The van der Waals surface area contributed by atoms with Crippen molar-refractivity contribution in [2.75, 3.05) is 7.11 Å². The number of aromatic nitrogens is 2. The maximum atomic E-state index is 13.4. The molecule has 0 amide bonds. The first-order valence-corrected chi connectivity index (χ1v) is 9.03. The average Bonchev–Trinajstić information content (AvgIpc) is 2.71. The average molecular weight is 433 g/mol. The summed E-state index contributed by atoms with van der Waals surface area (Å²) >= 11 is 0. The number of aromatic hydroxyl groups is 1. The number of rotatable bonds is 5. The molecule has 31 heavy (non-hydrogen) atoms. The number of hydrogen-bond donors (Lipinski definition) is 2. The normalized spacial score (nSPS) is 12.1. The number of hydrogen-bond acceptors (Lipinski definition) is 5. The second-order valence-corrected chi connectivity index (χ2v) is 6.52. The van der Waals surface area contributed by atoms with Crippen molar-refractivity contribution >= 4 is 5.71 Å². The van der Waals surface area contributed by atoms with Gasteiger partial charge in [-0.2, -0.15) is 13.2 Å². The third-order valence-corrected chi connectivity index (χ3v) is 4.58. The molecular weight excluding hydrogens is 415 g/mol. The zero-order valence-corrected chi connectivity index (χ0v) is 16.5. The van der Waals surface area contributed by atoms with Gasteiger partial charge in [0.1, 0.15) is 11.3 Å². The lowest BCUT2D eigenvalue weighted by Crippen LogP contribution is -2.33. The lowest BCUT2D eigenvalue weighted by molar-refractivity contribution is -0.137. The number of aromatic amines is 1. The van der Waals surface area contributed by atoms with E-state index in [2.05, 4.69) is 4.99 Å². The molecule has 0 saturated heterocycles. The Kier molecular flexibility index (Phi) is 6.00. The first-order chi connectivity index (χ1) is 14.6. The Hall–Kier alpha value is -3.82. The van der Waals surface area contributed by atoms with E-state index in [1.807, 2.05) is 4.98 Å². The fourth-order valence-electron chi connectivity index (χ4n) is 3.10. The molecule has 0 spiro atoms. The maximum Gasteiger partial charge on any atom is 0.418 e. The lowest BCUT2D eigenvalue weighted by atomic mass is 10.1. The van der Waals surface area contributed by atoms with Crippen LogP contribution in [0.5, 0.6) is 11.6 Å². The highest BCUT2D eigenvalue weighted by Gasteiger charge is 2.35. The molecule has 7 nitrogen and oxygen atoms in total. The molecule has 2 N–H and O–H groups in total. The van der Waals surface area contributed by atoms with E-state index in [-0.39, 0.29) is 12.3 Å². The van der Waals surface area contributed by atoms with Gasteiger partial charge in [-0.3, -0.25) is 14.8 Å². The number of H-pyrrole nitrogens is 1. The molecule has 0 saturated carbocycles. The summed E-state index contributed by atoms with van der Waals surface area (Å²) < 4.78 is 45.9. The summed E-state index contributed by atoms with van der Waals surface area (Å²) in [6.07, 6.45) is -4.79. The SMILES string of the molecule is COc1ccccc1CN=C(C)c1c(O)n(-c2ccccc2C(F)(F)F)c(=O)[nH]c1=O. The summed E-state index contributed by atoms with van der Waals surface area (Å²) in [5.41, 5.74) is -3.63. The predicted octanol–water partition coefficient (Wildman–Crippen LogP) is 3.27. The number of benzene rings is 2. The maximum absolute atomic E-state index is 13.4.